The van der Waals surface area contributed by atoms with Crippen molar-refractivity contribution in [2.24, 2.45) is 0 Å². The van der Waals surface area contributed by atoms with Gasteiger partial charge in [0.25, 0.3) is 5.91 Å². The van der Waals surface area contributed by atoms with Crippen LogP contribution in [-0.4, -0.2) is 29.5 Å². The van der Waals surface area contributed by atoms with Crippen molar-refractivity contribution in [3.8, 4) is 0 Å². The van der Waals surface area contributed by atoms with E-state index in [-0.39, 0.29) is 18.4 Å². The number of nitrogens with one attached hydrogen (secondary N) is 2. The first-order chi connectivity index (χ1) is 10.6. The number of aliphatic hydroxyl groups excluding tert-OH is 1. The van der Waals surface area contributed by atoms with Crippen LogP contribution >= 0.6 is 11.3 Å². The minimum absolute atomic E-state index is 0.112. The summed E-state index contributed by atoms with van der Waals surface area (Å²) in [5.41, 5.74) is 1.27. The van der Waals surface area contributed by atoms with Gasteiger partial charge in [-0.15, -0.1) is 0 Å². The lowest BCUT2D eigenvalue weighted by Crippen LogP contribution is -2.45. The first kappa shape index (κ1) is 16.2. The van der Waals surface area contributed by atoms with Crippen LogP contribution < -0.4 is 10.6 Å². The summed E-state index contributed by atoms with van der Waals surface area (Å²) >= 11 is 1.48. The largest absolute Gasteiger partial charge is 0.387 e. The Hall–Kier alpha value is -2.18. The van der Waals surface area contributed by atoms with Crippen molar-refractivity contribution >= 4 is 23.2 Å². The van der Waals surface area contributed by atoms with E-state index in [1.807, 2.05) is 22.9 Å². The van der Waals surface area contributed by atoms with Gasteiger partial charge in [-0.3, -0.25) is 9.59 Å². The van der Waals surface area contributed by atoms with Crippen LogP contribution in [0, 0.1) is 0 Å². The number of hydrogen-bond acceptors (Lipinski definition) is 4. The topological polar surface area (TPSA) is 78.4 Å². The molecule has 2 unspecified atom stereocenters. The molecule has 116 valence electrons. The fourth-order valence-electron chi connectivity index (χ4n) is 1.87. The molecule has 6 heteroatoms. The minimum atomic E-state index is -0.743. The lowest BCUT2D eigenvalue weighted by Gasteiger charge is -2.16. The van der Waals surface area contributed by atoms with Crippen molar-refractivity contribution in [2.75, 3.05) is 6.54 Å². The van der Waals surface area contributed by atoms with Gasteiger partial charge in [0.1, 0.15) is 6.04 Å². The molecule has 0 aliphatic heterocycles. The van der Waals surface area contributed by atoms with Gasteiger partial charge in [0, 0.05) is 12.1 Å². The molecule has 1 aromatic heterocycles. The van der Waals surface area contributed by atoms with Gasteiger partial charge < -0.3 is 15.7 Å². The van der Waals surface area contributed by atoms with Crippen LogP contribution in [0.4, 0.5) is 0 Å². The highest BCUT2D eigenvalue weighted by molar-refractivity contribution is 7.07. The standard InChI is InChI=1S/C16H18N2O3S/c1-11(18-16(21)12-5-3-2-4-6-12)15(20)17-9-14(19)13-7-8-22-10-13/h2-8,10-11,14,19H,9H2,1H3,(H,17,20)(H,18,21). The maximum Gasteiger partial charge on any atom is 0.251 e. The number of hydrogen-bond donors (Lipinski definition) is 3. The van der Waals surface area contributed by atoms with E-state index in [2.05, 4.69) is 10.6 Å². The Kier molecular flexibility index (Phi) is 5.68. The van der Waals surface area contributed by atoms with Crippen LogP contribution in [0.1, 0.15) is 28.9 Å². The summed E-state index contributed by atoms with van der Waals surface area (Å²) in [6.45, 7) is 1.72. The monoisotopic (exact) mass is 318 g/mol. The molecule has 2 atom stereocenters. The van der Waals surface area contributed by atoms with Gasteiger partial charge >= 0.3 is 0 Å². The fraction of sp³-hybridized carbons (Fsp3) is 0.250. The molecule has 22 heavy (non-hydrogen) atoms. The number of carbonyl (C=O) groups excluding carboxylic acids is 2. The van der Waals surface area contributed by atoms with Crippen molar-refractivity contribution in [3.05, 3.63) is 58.3 Å². The molecular weight excluding hydrogens is 300 g/mol. The van der Waals surface area contributed by atoms with E-state index in [4.69, 9.17) is 0 Å². The molecule has 0 spiro atoms. The molecule has 0 aliphatic rings. The maximum absolute atomic E-state index is 11.9. The van der Waals surface area contributed by atoms with Crippen molar-refractivity contribution < 1.29 is 14.7 Å². The van der Waals surface area contributed by atoms with Gasteiger partial charge in [-0.1, -0.05) is 18.2 Å². The van der Waals surface area contributed by atoms with Crippen LogP contribution in [0.25, 0.3) is 0 Å². The van der Waals surface area contributed by atoms with E-state index in [0.717, 1.165) is 5.56 Å². The number of rotatable bonds is 6. The molecule has 3 N–H and O–H groups in total. The van der Waals surface area contributed by atoms with E-state index >= 15 is 0 Å². The van der Waals surface area contributed by atoms with Crippen molar-refractivity contribution in [1.29, 1.82) is 0 Å². The van der Waals surface area contributed by atoms with Gasteiger partial charge in [0.2, 0.25) is 5.91 Å². The molecule has 0 aliphatic carbocycles. The SMILES string of the molecule is CC(NC(=O)c1ccccc1)C(=O)NCC(O)c1ccsc1. The minimum Gasteiger partial charge on any atom is -0.387 e. The number of aliphatic hydroxyl groups is 1. The Bertz CT molecular complexity index is 614. The molecule has 2 amide bonds. The quantitative estimate of drug-likeness (QED) is 0.759. The summed E-state index contributed by atoms with van der Waals surface area (Å²) in [7, 11) is 0. The number of carbonyl (C=O) groups is 2. The molecule has 5 nitrogen and oxygen atoms in total. The van der Waals surface area contributed by atoms with Crippen molar-refractivity contribution in [2.45, 2.75) is 19.1 Å². The second-order valence-corrected chi connectivity index (χ2v) is 5.66. The highest BCUT2D eigenvalue weighted by atomic mass is 32.1. The third-order valence-electron chi connectivity index (χ3n) is 3.17. The van der Waals surface area contributed by atoms with Gasteiger partial charge in [-0.2, -0.15) is 11.3 Å². The number of thiophene rings is 1. The first-order valence-corrected chi connectivity index (χ1v) is 7.86. The Morgan fingerprint density at radius 3 is 2.59 bits per heavy atom. The zero-order valence-electron chi connectivity index (χ0n) is 12.2. The lowest BCUT2D eigenvalue weighted by molar-refractivity contribution is -0.123. The van der Waals surface area contributed by atoms with Gasteiger partial charge in [0.15, 0.2) is 0 Å². The van der Waals surface area contributed by atoms with Crippen LogP contribution in [0.5, 0.6) is 0 Å². The smallest absolute Gasteiger partial charge is 0.251 e. The van der Waals surface area contributed by atoms with E-state index < -0.39 is 12.1 Å². The number of benzene rings is 1. The van der Waals surface area contributed by atoms with E-state index in [9.17, 15) is 14.7 Å². The average molecular weight is 318 g/mol. The Labute approximate surface area is 133 Å². The highest BCUT2D eigenvalue weighted by Crippen LogP contribution is 2.15. The van der Waals surface area contributed by atoms with Gasteiger partial charge in [0.05, 0.1) is 6.10 Å². The molecule has 2 rings (SSSR count). The molecule has 0 saturated carbocycles. The summed E-state index contributed by atoms with van der Waals surface area (Å²) in [5.74, 6) is -0.639. The molecule has 0 bridgehead atoms. The summed E-state index contributed by atoms with van der Waals surface area (Å²) in [6.07, 6.45) is -0.743. The normalized spacial score (nSPS) is 13.2. The summed E-state index contributed by atoms with van der Waals surface area (Å²) in [4.78, 5) is 23.9. The number of amides is 2. The van der Waals surface area contributed by atoms with Crippen LogP contribution in [0.2, 0.25) is 0 Å². The second kappa shape index (κ2) is 7.72. The Morgan fingerprint density at radius 1 is 1.23 bits per heavy atom. The summed E-state index contributed by atoms with van der Waals surface area (Å²) in [6, 6.07) is 9.83. The molecule has 0 fully saturated rings. The zero-order chi connectivity index (χ0) is 15.9. The second-order valence-electron chi connectivity index (χ2n) is 4.88. The fourth-order valence-corrected chi connectivity index (χ4v) is 2.57. The Morgan fingerprint density at radius 2 is 1.95 bits per heavy atom. The Balaban J connectivity index is 1.81. The first-order valence-electron chi connectivity index (χ1n) is 6.91. The third-order valence-corrected chi connectivity index (χ3v) is 3.88. The molecule has 0 radical (unpaired) electrons. The van der Waals surface area contributed by atoms with E-state index in [1.165, 1.54) is 11.3 Å². The zero-order valence-corrected chi connectivity index (χ0v) is 13.0. The molecule has 1 heterocycles. The predicted molar refractivity (Wildman–Crippen MR) is 85.7 cm³/mol. The summed E-state index contributed by atoms with van der Waals surface area (Å²) < 4.78 is 0. The summed E-state index contributed by atoms with van der Waals surface area (Å²) in [5, 5.41) is 18.9. The van der Waals surface area contributed by atoms with Gasteiger partial charge in [-0.25, -0.2) is 0 Å². The molecule has 0 saturated heterocycles. The van der Waals surface area contributed by atoms with E-state index in [0.29, 0.717) is 5.56 Å². The van der Waals surface area contributed by atoms with E-state index in [1.54, 1.807) is 31.2 Å². The average Bonchev–Trinajstić information content (AvgIpc) is 3.07. The molecule has 1 aromatic carbocycles. The molecular formula is C16H18N2O3S. The lowest BCUT2D eigenvalue weighted by atomic mass is 10.2. The predicted octanol–water partition coefficient (Wildman–Crippen LogP) is 1.72. The van der Waals surface area contributed by atoms with Crippen molar-refractivity contribution in [3.63, 3.8) is 0 Å². The van der Waals surface area contributed by atoms with Gasteiger partial charge in [-0.05, 0) is 41.4 Å². The van der Waals surface area contributed by atoms with Crippen molar-refractivity contribution in [1.82, 2.24) is 10.6 Å². The van der Waals surface area contributed by atoms with Crippen LogP contribution in [0.15, 0.2) is 47.2 Å². The highest BCUT2D eigenvalue weighted by Gasteiger charge is 2.17. The maximum atomic E-state index is 11.9. The van der Waals surface area contributed by atoms with Crippen LogP contribution in [0.3, 0.4) is 0 Å². The van der Waals surface area contributed by atoms with Crippen LogP contribution in [-0.2, 0) is 4.79 Å². The third kappa shape index (κ3) is 4.41. The molecule has 2 aromatic rings.